The molecule has 0 atom stereocenters. The van der Waals surface area contributed by atoms with E-state index in [1.807, 2.05) is 52.0 Å². The number of carboxylic acid groups (broad SMARTS) is 1. The van der Waals surface area contributed by atoms with Gasteiger partial charge in [0.2, 0.25) is 0 Å². The molecule has 0 saturated heterocycles. The largest absolute Gasteiger partial charge is 0.507 e. The molecule has 0 aromatic heterocycles. The zero-order chi connectivity index (χ0) is 28.3. The van der Waals surface area contributed by atoms with Crippen LogP contribution in [-0.4, -0.2) is 27.3 Å². The van der Waals surface area contributed by atoms with Crippen molar-refractivity contribution in [2.24, 2.45) is 0 Å². The summed E-state index contributed by atoms with van der Waals surface area (Å²) < 4.78 is 6.36. The van der Waals surface area contributed by atoms with Gasteiger partial charge in [0.25, 0.3) is 0 Å². The van der Waals surface area contributed by atoms with Crippen molar-refractivity contribution in [2.75, 3.05) is 0 Å². The van der Waals surface area contributed by atoms with E-state index in [0.717, 1.165) is 36.8 Å². The number of hydrogen-bond acceptors (Lipinski definition) is 5. The molecule has 1 aliphatic rings. The molecule has 0 radical (unpaired) electrons. The van der Waals surface area contributed by atoms with Gasteiger partial charge in [-0.3, -0.25) is 0 Å². The Hall–Kier alpha value is -3.80. The first-order chi connectivity index (χ1) is 18.8. The first kappa shape index (κ1) is 28.2. The molecule has 3 aromatic rings. The summed E-state index contributed by atoms with van der Waals surface area (Å²) >= 11 is 0. The Kier molecular flexibility index (Phi) is 8.34. The number of carbonyl (C=O) groups is 2. The number of aromatic carboxylic acids is 1. The molecule has 6 heteroatoms. The van der Waals surface area contributed by atoms with E-state index in [2.05, 4.69) is 0 Å². The van der Waals surface area contributed by atoms with E-state index in [1.54, 1.807) is 12.1 Å². The molecule has 0 amide bonds. The smallest absolute Gasteiger partial charge is 0.341 e. The van der Waals surface area contributed by atoms with Gasteiger partial charge in [0.15, 0.2) is 5.60 Å². The number of cyclic esters (lactones) is 1. The second-order valence-electron chi connectivity index (χ2n) is 10.3. The zero-order valence-electron chi connectivity index (χ0n) is 23.3. The Balaban J connectivity index is 2.26. The predicted octanol–water partition coefficient (Wildman–Crippen LogP) is 7.07. The van der Waals surface area contributed by atoms with Crippen molar-refractivity contribution in [1.29, 1.82) is 0 Å². The van der Waals surface area contributed by atoms with Crippen LogP contribution in [0.25, 0.3) is 0 Å². The maximum Gasteiger partial charge on any atom is 0.341 e. The molecular weight excluding hydrogens is 492 g/mol. The average molecular weight is 531 g/mol. The van der Waals surface area contributed by atoms with E-state index in [0.29, 0.717) is 53.5 Å². The first-order valence-electron chi connectivity index (χ1n) is 14.0. The average Bonchev–Trinajstić information content (AvgIpc) is 3.20. The number of phenolic OH excluding ortho intramolecular Hbond substituents is 2. The highest BCUT2D eigenvalue weighted by atomic mass is 16.6. The van der Waals surface area contributed by atoms with Crippen molar-refractivity contribution in [2.45, 2.75) is 84.7 Å². The summed E-state index contributed by atoms with van der Waals surface area (Å²) in [5.41, 5.74) is 2.23. The number of esters is 1. The predicted molar refractivity (Wildman–Crippen MR) is 151 cm³/mol. The van der Waals surface area contributed by atoms with E-state index in [4.69, 9.17) is 4.74 Å². The standard InChI is InChI=1S/C33H38O6/c1-5-10-20-16-18-22(12-7-3)29(34)27(20)33(25-15-9-14-24(31(36)37)26(25)32(38)39-33)28-21(11-6-2)17-19-23(13-8-4)30(28)35/h9,14-19,34-35H,5-8,10-13H2,1-4H3,(H,36,37). The van der Waals surface area contributed by atoms with Crippen molar-refractivity contribution in [1.82, 2.24) is 0 Å². The molecule has 4 rings (SSSR count). The molecule has 0 bridgehead atoms. The quantitative estimate of drug-likeness (QED) is 0.229. The topological polar surface area (TPSA) is 104 Å². The highest BCUT2D eigenvalue weighted by Gasteiger charge is 2.54. The van der Waals surface area contributed by atoms with Crippen LogP contribution in [0, 0.1) is 0 Å². The fourth-order valence-corrected chi connectivity index (χ4v) is 6.02. The summed E-state index contributed by atoms with van der Waals surface area (Å²) in [6.07, 6.45) is 5.56. The third kappa shape index (κ3) is 4.66. The monoisotopic (exact) mass is 530 g/mol. The summed E-state index contributed by atoms with van der Waals surface area (Å²) in [6.45, 7) is 8.12. The van der Waals surface area contributed by atoms with Gasteiger partial charge < -0.3 is 20.1 Å². The van der Waals surface area contributed by atoms with Crippen molar-refractivity contribution in [3.63, 3.8) is 0 Å². The van der Waals surface area contributed by atoms with E-state index in [9.17, 15) is 24.9 Å². The van der Waals surface area contributed by atoms with Gasteiger partial charge in [-0.05, 0) is 54.0 Å². The number of carbonyl (C=O) groups excluding carboxylic acids is 1. The van der Waals surface area contributed by atoms with E-state index in [1.165, 1.54) is 6.07 Å². The molecule has 0 spiro atoms. The molecule has 1 heterocycles. The third-order valence-electron chi connectivity index (χ3n) is 7.60. The fraction of sp³-hybridized carbons (Fsp3) is 0.394. The van der Waals surface area contributed by atoms with Crippen LogP contribution in [0.3, 0.4) is 0 Å². The Labute approximate surface area is 230 Å². The minimum absolute atomic E-state index is 0.0203. The minimum Gasteiger partial charge on any atom is -0.507 e. The van der Waals surface area contributed by atoms with Gasteiger partial charge in [0.05, 0.1) is 22.3 Å². The zero-order valence-corrected chi connectivity index (χ0v) is 23.3. The van der Waals surface area contributed by atoms with Crippen LogP contribution in [0.2, 0.25) is 0 Å². The van der Waals surface area contributed by atoms with Crippen LogP contribution in [0.4, 0.5) is 0 Å². The number of aryl methyl sites for hydroxylation is 4. The molecule has 39 heavy (non-hydrogen) atoms. The molecule has 3 N–H and O–H groups in total. The van der Waals surface area contributed by atoms with Crippen LogP contribution >= 0.6 is 0 Å². The molecular formula is C33H38O6. The lowest BCUT2D eigenvalue weighted by molar-refractivity contribution is 0.0231. The maximum absolute atomic E-state index is 13.7. The Morgan fingerprint density at radius 1 is 0.718 bits per heavy atom. The SMILES string of the molecule is CCCc1ccc(CCC)c(C2(c3c(CCC)ccc(CCC)c3O)OC(=O)c3c(C(=O)O)cccc32)c1O. The van der Waals surface area contributed by atoms with Crippen LogP contribution in [0.5, 0.6) is 11.5 Å². The molecule has 0 unspecified atom stereocenters. The normalized spacial score (nSPS) is 13.8. The number of ether oxygens (including phenoxy) is 1. The van der Waals surface area contributed by atoms with Crippen LogP contribution in [0.15, 0.2) is 42.5 Å². The molecule has 3 aromatic carbocycles. The van der Waals surface area contributed by atoms with Gasteiger partial charge in [-0.1, -0.05) is 89.8 Å². The van der Waals surface area contributed by atoms with Gasteiger partial charge >= 0.3 is 11.9 Å². The lowest BCUT2D eigenvalue weighted by Gasteiger charge is -2.36. The number of rotatable bonds is 11. The summed E-state index contributed by atoms with van der Waals surface area (Å²) in [5.74, 6) is -1.98. The summed E-state index contributed by atoms with van der Waals surface area (Å²) in [5, 5.41) is 33.8. The summed E-state index contributed by atoms with van der Waals surface area (Å²) in [4.78, 5) is 25.9. The Morgan fingerprint density at radius 3 is 1.59 bits per heavy atom. The highest BCUT2D eigenvalue weighted by molar-refractivity contribution is 6.06. The number of carboxylic acids is 1. The number of fused-ring (bicyclic) bond motifs is 1. The van der Waals surface area contributed by atoms with Crippen molar-refractivity contribution in [3.05, 3.63) is 92.5 Å². The highest BCUT2D eigenvalue weighted by Crippen LogP contribution is 2.56. The number of hydrogen-bond donors (Lipinski definition) is 3. The van der Waals surface area contributed by atoms with Crippen LogP contribution in [-0.2, 0) is 36.0 Å². The molecule has 0 aliphatic carbocycles. The minimum atomic E-state index is -1.71. The van der Waals surface area contributed by atoms with Crippen LogP contribution < -0.4 is 0 Å². The van der Waals surface area contributed by atoms with Crippen molar-refractivity contribution >= 4 is 11.9 Å². The van der Waals surface area contributed by atoms with Gasteiger partial charge in [-0.15, -0.1) is 0 Å². The number of benzene rings is 3. The molecule has 206 valence electrons. The fourth-order valence-electron chi connectivity index (χ4n) is 6.02. The Morgan fingerprint density at radius 2 is 1.15 bits per heavy atom. The third-order valence-corrected chi connectivity index (χ3v) is 7.60. The molecule has 0 fully saturated rings. The maximum atomic E-state index is 13.7. The lowest BCUT2D eigenvalue weighted by Crippen LogP contribution is -2.33. The van der Waals surface area contributed by atoms with Gasteiger partial charge in [0, 0.05) is 5.56 Å². The van der Waals surface area contributed by atoms with Crippen LogP contribution in [0.1, 0.15) is 113 Å². The summed E-state index contributed by atoms with van der Waals surface area (Å²) in [7, 11) is 0. The molecule has 0 saturated carbocycles. The van der Waals surface area contributed by atoms with E-state index >= 15 is 0 Å². The Bertz CT molecular complexity index is 1340. The van der Waals surface area contributed by atoms with Gasteiger partial charge in [0.1, 0.15) is 11.5 Å². The lowest BCUT2D eigenvalue weighted by atomic mass is 9.72. The second-order valence-corrected chi connectivity index (χ2v) is 10.3. The van der Waals surface area contributed by atoms with Crippen molar-refractivity contribution < 1.29 is 29.6 Å². The van der Waals surface area contributed by atoms with Gasteiger partial charge in [-0.25, -0.2) is 9.59 Å². The summed E-state index contributed by atoms with van der Waals surface area (Å²) in [6, 6.07) is 12.4. The second kappa shape index (κ2) is 11.5. The van der Waals surface area contributed by atoms with E-state index in [-0.39, 0.29) is 22.6 Å². The first-order valence-corrected chi connectivity index (χ1v) is 14.0. The molecule has 6 nitrogen and oxygen atoms in total. The molecule has 1 aliphatic heterocycles. The number of aromatic hydroxyl groups is 2. The van der Waals surface area contributed by atoms with Crippen molar-refractivity contribution in [3.8, 4) is 11.5 Å². The van der Waals surface area contributed by atoms with Gasteiger partial charge in [-0.2, -0.15) is 0 Å². The van der Waals surface area contributed by atoms with E-state index < -0.39 is 17.5 Å². The number of phenols is 2.